The van der Waals surface area contributed by atoms with E-state index in [1.807, 2.05) is 0 Å². The molecule has 1 heterocycles. The van der Waals surface area contributed by atoms with Gasteiger partial charge in [-0.3, -0.25) is 0 Å². The van der Waals surface area contributed by atoms with Gasteiger partial charge in [0.15, 0.2) is 0 Å². The molecule has 0 aromatic heterocycles. The Hall–Kier alpha value is 0.137. The van der Waals surface area contributed by atoms with E-state index in [9.17, 15) is 0 Å². The summed E-state index contributed by atoms with van der Waals surface area (Å²) in [5, 5.41) is 0. The molecule has 0 amide bonds. The summed E-state index contributed by atoms with van der Waals surface area (Å²) in [6.45, 7) is 7.11. The summed E-state index contributed by atoms with van der Waals surface area (Å²) in [6.07, 6.45) is 6.29. The van der Waals surface area contributed by atoms with Gasteiger partial charge in [-0.05, 0) is 32.1 Å². The molecule has 0 bridgehead atoms. The van der Waals surface area contributed by atoms with Crippen LogP contribution in [0.3, 0.4) is 0 Å². The van der Waals surface area contributed by atoms with Crippen molar-refractivity contribution in [2.45, 2.75) is 51.7 Å². The SMILES string of the molecule is CCCOCCC.[SiH3]C1CCCCO1. The third-order valence-corrected chi connectivity index (χ3v) is 3.01. The summed E-state index contributed by atoms with van der Waals surface area (Å²) in [7, 11) is 1.23. The van der Waals surface area contributed by atoms with Crippen LogP contribution in [0.2, 0.25) is 0 Å². The second-order valence-corrected chi connectivity index (χ2v) is 5.08. The molecule has 0 aliphatic carbocycles. The van der Waals surface area contributed by atoms with Crippen molar-refractivity contribution in [1.29, 1.82) is 0 Å². The maximum atomic E-state index is 5.34. The molecule has 0 saturated carbocycles. The Morgan fingerprint density at radius 3 is 2.14 bits per heavy atom. The number of rotatable bonds is 4. The second kappa shape index (κ2) is 11.2. The van der Waals surface area contributed by atoms with E-state index >= 15 is 0 Å². The molecule has 1 atom stereocenters. The highest BCUT2D eigenvalue weighted by Crippen LogP contribution is 2.08. The average Bonchev–Trinajstić information content (AvgIpc) is 2.21. The molecular formula is C11H26O2Si. The molecule has 1 aliphatic rings. The first-order valence-electron chi connectivity index (χ1n) is 6.00. The lowest BCUT2D eigenvalue weighted by molar-refractivity contribution is 0.0675. The van der Waals surface area contributed by atoms with Crippen LogP contribution in [0.15, 0.2) is 0 Å². The van der Waals surface area contributed by atoms with Crippen molar-refractivity contribution in [3.63, 3.8) is 0 Å². The van der Waals surface area contributed by atoms with E-state index in [-0.39, 0.29) is 0 Å². The molecule has 2 nitrogen and oxygen atoms in total. The summed E-state index contributed by atoms with van der Waals surface area (Å²) in [6, 6.07) is 0. The zero-order chi connectivity index (χ0) is 10.6. The van der Waals surface area contributed by atoms with E-state index in [0.29, 0.717) is 5.73 Å². The highest BCUT2D eigenvalue weighted by molar-refractivity contribution is 6.10. The van der Waals surface area contributed by atoms with Crippen molar-refractivity contribution in [3.8, 4) is 0 Å². The standard InChI is InChI=1S/C6H14O.C5H12OSi/c1-3-5-7-6-4-2;7-5-3-1-2-4-6-5/h3-6H2,1-2H3;5H,1-4H2,7H3. The van der Waals surface area contributed by atoms with Crippen molar-refractivity contribution in [2.75, 3.05) is 19.8 Å². The van der Waals surface area contributed by atoms with Crippen LogP contribution < -0.4 is 0 Å². The van der Waals surface area contributed by atoms with Gasteiger partial charge in [0.25, 0.3) is 0 Å². The summed E-state index contributed by atoms with van der Waals surface area (Å²) >= 11 is 0. The van der Waals surface area contributed by atoms with Gasteiger partial charge in [0.1, 0.15) is 0 Å². The summed E-state index contributed by atoms with van der Waals surface area (Å²) in [5.41, 5.74) is 0.675. The van der Waals surface area contributed by atoms with E-state index in [2.05, 4.69) is 13.8 Å². The van der Waals surface area contributed by atoms with E-state index < -0.39 is 0 Å². The van der Waals surface area contributed by atoms with Crippen molar-refractivity contribution >= 4 is 10.2 Å². The summed E-state index contributed by atoms with van der Waals surface area (Å²) < 4.78 is 10.5. The Bertz CT molecular complexity index is 99.5. The van der Waals surface area contributed by atoms with Crippen molar-refractivity contribution in [2.24, 2.45) is 0 Å². The van der Waals surface area contributed by atoms with Crippen LogP contribution in [0.5, 0.6) is 0 Å². The largest absolute Gasteiger partial charge is 0.383 e. The fourth-order valence-electron chi connectivity index (χ4n) is 1.29. The van der Waals surface area contributed by atoms with Crippen LogP contribution in [-0.2, 0) is 9.47 Å². The Morgan fingerprint density at radius 2 is 1.86 bits per heavy atom. The average molecular weight is 218 g/mol. The molecule has 14 heavy (non-hydrogen) atoms. The molecule has 86 valence electrons. The second-order valence-electron chi connectivity index (χ2n) is 3.79. The first kappa shape index (κ1) is 14.1. The third-order valence-electron chi connectivity index (χ3n) is 2.10. The van der Waals surface area contributed by atoms with Crippen molar-refractivity contribution in [1.82, 2.24) is 0 Å². The smallest absolute Gasteiger partial charge is 0.0465 e. The quantitative estimate of drug-likeness (QED) is 0.528. The van der Waals surface area contributed by atoms with E-state index in [4.69, 9.17) is 9.47 Å². The molecule has 1 aliphatic heterocycles. The predicted octanol–water partition coefficient (Wildman–Crippen LogP) is 1.70. The lowest BCUT2D eigenvalue weighted by atomic mass is 10.2. The van der Waals surface area contributed by atoms with Gasteiger partial charge in [0, 0.05) is 35.8 Å². The van der Waals surface area contributed by atoms with Gasteiger partial charge < -0.3 is 9.47 Å². The molecule has 0 N–H and O–H groups in total. The number of ether oxygens (including phenoxy) is 2. The molecule has 0 aromatic rings. The van der Waals surface area contributed by atoms with Gasteiger partial charge in [0.05, 0.1) is 0 Å². The van der Waals surface area contributed by atoms with Crippen molar-refractivity contribution in [3.05, 3.63) is 0 Å². The normalized spacial score (nSPS) is 21.4. The molecule has 3 heteroatoms. The molecule has 0 aromatic carbocycles. The van der Waals surface area contributed by atoms with Crippen LogP contribution in [0.1, 0.15) is 46.0 Å². The fraction of sp³-hybridized carbons (Fsp3) is 1.00. The number of hydrogen-bond acceptors (Lipinski definition) is 2. The Labute approximate surface area is 91.8 Å². The Kier molecular flexibility index (Phi) is 11.3. The maximum Gasteiger partial charge on any atom is 0.0465 e. The molecule has 1 rings (SSSR count). The monoisotopic (exact) mass is 218 g/mol. The van der Waals surface area contributed by atoms with Gasteiger partial charge in [-0.25, -0.2) is 0 Å². The van der Waals surface area contributed by atoms with Gasteiger partial charge in [-0.15, -0.1) is 0 Å². The van der Waals surface area contributed by atoms with E-state index in [1.54, 1.807) is 0 Å². The molecule has 0 spiro atoms. The first-order chi connectivity index (χ1) is 6.81. The minimum atomic E-state index is 0.675. The molecule has 1 saturated heterocycles. The molecule has 1 fully saturated rings. The molecule has 0 radical (unpaired) electrons. The zero-order valence-corrected chi connectivity index (χ0v) is 12.1. The molecular weight excluding hydrogens is 192 g/mol. The van der Waals surface area contributed by atoms with E-state index in [0.717, 1.165) is 32.7 Å². The lowest BCUT2D eigenvalue weighted by Gasteiger charge is -2.17. The van der Waals surface area contributed by atoms with Crippen LogP contribution in [-0.4, -0.2) is 35.8 Å². The van der Waals surface area contributed by atoms with Gasteiger partial charge in [-0.2, -0.15) is 0 Å². The van der Waals surface area contributed by atoms with Crippen LogP contribution in [0.4, 0.5) is 0 Å². The highest BCUT2D eigenvalue weighted by Gasteiger charge is 2.05. The summed E-state index contributed by atoms with van der Waals surface area (Å²) in [5.74, 6) is 0. The highest BCUT2D eigenvalue weighted by atomic mass is 28.1. The third kappa shape index (κ3) is 10.2. The van der Waals surface area contributed by atoms with Crippen LogP contribution in [0.25, 0.3) is 0 Å². The van der Waals surface area contributed by atoms with Crippen molar-refractivity contribution < 1.29 is 9.47 Å². The Morgan fingerprint density at radius 1 is 1.21 bits per heavy atom. The minimum absolute atomic E-state index is 0.675. The fourth-order valence-corrected chi connectivity index (χ4v) is 1.94. The predicted molar refractivity (Wildman–Crippen MR) is 64.9 cm³/mol. The summed E-state index contributed by atoms with van der Waals surface area (Å²) in [4.78, 5) is 0. The zero-order valence-electron chi connectivity index (χ0n) is 10.1. The Balaban J connectivity index is 0.000000241. The minimum Gasteiger partial charge on any atom is -0.383 e. The van der Waals surface area contributed by atoms with Gasteiger partial charge in [0.2, 0.25) is 0 Å². The topological polar surface area (TPSA) is 18.5 Å². The molecule has 1 unspecified atom stereocenters. The van der Waals surface area contributed by atoms with Crippen LogP contribution in [0, 0.1) is 0 Å². The first-order valence-corrected chi connectivity index (χ1v) is 7.16. The maximum absolute atomic E-state index is 5.34. The number of hydrogen-bond donors (Lipinski definition) is 0. The lowest BCUT2D eigenvalue weighted by Crippen LogP contribution is -2.18. The van der Waals surface area contributed by atoms with E-state index in [1.165, 1.54) is 29.5 Å². The van der Waals surface area contributed by atoms with Gasteiger partial charge in [-0.1, -0.05) is 13.8 Å². The van der Waals surface area contributed by atoms with Crippen LogP contribution >= 0.6 is 0 Å². The van der Waals surface area contributed by atoms with Gasteiger partial charge >= 0.3 is 0 Å².